The zero-order valence-electron chi connectivity index (χ0n) is 18.7. The average molecular weight is 490 g/mol. The summed E-state index contributed by atoms with van der Waals surface area (Å²) >= 11 is 1.22. The van der Waals surface area contributed by atoms with Gasteiger partial charge in [0.05, 0.1) is 6.20 Å². The van der Waals surface area contributed by atoms with Gasteiger partial charge >= 0.3 is 0 Å². The molecule has 0 unspecified atom stereocenters. The molecule has 176 valence electrons. The maximum absolute atomic E-state index is 14.2. The van der Waals surface area contributed by atoms with Crippen molar-refractivity contribution in [1.29, 1.82) is 0 Å². The summed E-state index contributed by atoms with van der Waals surface area (Å²) in [6.07, 6.45) is 1.97. The molecule has 14 heteroatoms. The zero-order chi connectivity index (χ0) is 24.6. The molecule has 0 radical (unpaired) electrons. The van der Waals surface area contributed by atoms with E-state index in [0.717, 1.165) is 12.3 Å². The van der Waals surface area contributed by atoms with E-state index in [1.165, 1.54) is 27.0 Å². The highest BCUT2D eigenvalue weighted by Gasteiger charge is 2.33. The molecule has 7 nitrogen and oxygen atoms in total. The number of rotatable bonds is 5. The number of anilines is 1. The number of amides is 1. The Morgan fingerprint density at radius 1 is 1.15 bits per heavy atom. The van der Waals surface area contributed by atoms with E-state index in [9.17, 15) is 22.4 Å². The Hall–Kier alpha value is -3.02. The lowest BCUT2D eigenvalue weighted by molar-refractivity contribution is -0.126. The second kappa shape index (κ2) is 9.32. The number of hydrogen-bond acceptors (Lipinski definition) is 7. The monoisotopic (exact) mass is 490 g/mol. The lowest BCUT2D eigenvalue weighted by Crippen LogP contribution is -2.51. The van der Waals surface area contributed by atoms with Gasteiger partial charge in [0.1, 0.15) is 32.2 Å². The molecular weight excluding hydrogens is 470 g/mol. The number of hydrogen-bond donors (Lipinski definition) is 1. The summed E-state index contributed by atoms with van der Waals surface area (Å²) in [7, 11) is 2.97. The molecule has 2 aromatic heterocycles. The van der Waals surface area contributed by atoms with Crippen molar-refractivity contribution in [2.75, 3.05) is 18.0 Å². The first kappa shape index (κ1) is 24.1. The van der Waals surface area contributed by atoms with Crippen LogP contribution in [-0.4, -0.2) is 54.9 Å². The van der Waals surface area contributed by atoms with E-state index < -0.39 is 34.5 Å². The van der Waals surface area contributed by atoms with Crippen LogP contribution < -0.4 is 10.2 Å². The summed E-state index contributed by atoms with van der Waals surface area (Å²) in [4.78, 5) is 23.1. The number of carbonyl (C=O) groups excluding carboxylic acids is 1. The number of halogens is 4. The molecule has 1 amide bonds. The largest absolute Gasteiger partial charge is 0.362 e. The van der Waals surface area contributed by atoms with E-state index in [0.29, 0.717) is 48.0 Å². The summed E-state index contributed by atoms with van der Waals surface area (Å²) in [6, 6.07) is 1.34. The molecule has 1 fully saturated rings. The molecular formula is C20H20B2F4N6OS. The second-order valence-corrected chi connectivity index (χ2v) is 9.80. The lowest BCUT2D eigenvalue weighted by Gasteiger charge is -2.34. The third-order valence-electron chi connectivity index (χ3n) is 5.71. The molecule has 0 saturated carbocycles. The van der Waals surface area contributed by atoms with Crippen LogP contribution in [0.3, 0.4) is 0 Å². The van der Waals surface area contributed by atoms with Crippen molar-refractivity contribution >= 4 is 38.9 Å². The Morgan fingerprint density at radius 3 is 2.50 bits per heavy atom. The summed E-state index contributed by atoms with van der Waals surface area (Å²) in [6.45, 7) is 2.63. The summed E-state index contributed by atoms with van der Waals surface area (Å²) in [5, 5.41) is 10.3. The number of nitrogens with one attached hydrogen (secondary N) is 1. The van der Waals surface area contributed by atoms with E-state index in [4.69, 9.17) is 0 Å². The van der Waals surface area contributed by atoms with E-state index in [1.807, 2.05) is 4.90 Å². The normalized spacial score (nSPS) is 14.9. The maximum Gasteiger partial charge on any atom is 0.226 e. The third-order valence-corrected chi connectivity index (χ3v) is 6.56. The van der Waals surface area contributed by atoms with Gasteiger partial charge in [-0.25, -0.2) is 27.5 Å². The molecule has 1 aliphatic rings. The SMILES string of the molecule is BC(B)(NC(=O)C1CCN(c2ncc(F)c(-c3nnc(C)s3)n2)CC1)c1cc(F)cc(F)c1F. The van der Waals surface area contributed by atoms with E-state index in [2.05, 4.69) is 25.5 Å². The predicted octanol–water partition coefficient (Wildman–Crippen LogP) is 1.27. The van der Waals surface area contributed by atoms with Crippen LogP contribution in [0.5, 0.6) is 0 Å². The number of aromatic nitrogens is 4. The van der Waals surface area contributed by atoms with Crippen LogP contribution in [0, 0.1) is 36.1 Å². The van der Waals surface area contributed by atoms with Crippen LogP contribution in [0.1, 0.15) is 23.4 Å². The summed E-state index contributed by atoms with van der Waals surface area (Å²) in [5.41, 5.74) is -0.198. The fourth-order valence-electron chi connectivity index (χ4n) is 3.88. The van der Waals surface area contributed by atoms with Crippen LogP contribution >= 0.6 is 11.3 Å². The van der Waals surface area contributed by atoms with Crippen molar-refractivity contribution in [2.24, 2.45) is 5.92 Å². The molecule has 1 saturated heterocycles. The number of benzene rings is 1. The topological polar surface area (TPSA) is 83.9 Å². The molecule has 4 rings (SSSR count). The minimum absolute atomic E-state index is 0.0709. The van der Waals surface area contributed by atoms with E-state index in [1.54, 1.807) is 6.92 Å². The standard InChI is InChI=1S/C20H20B2F4N6OS/c1-9-30-31-18(34-9)16-14(25)8-27-19(28-16)32-4-2-10(3-5-32)17(33)29-20(21,22)12-6-11(23)7-13(24)15(12)26/h6-8,10H,2-5,21-22H2,1H3,(H,29,33). The molecule has 0 atom stereocenters. The highest BCUT2D eigenvalue weighted by Crippen LogP contribution is 2.28. The smallest absolute Gasteiger partial charge is 0.226 e. The molecule has 3 heterocycles. The fraction of sp³-hybridized carbons (Fsp3) is 0.350. The lowest BCUT2D eigenvalue weighted by atomic mass is 9.57. The first-order valence-electron chi connectivity index (χ1n) is 10.6. The van der Waals surface area contributed by atoms with Gasteiger partial charge in [0.15, 0.2) is 22.5 Å². The molecule has 0 aliphatic carbocycles. The molecule has 1 aliphatic heterocycles. The Bertz CT molecular complexity index is 1240. The maximum atomic E-state index is 14.2. The minimum atomic E-state index is -1.32. The Labute approximate surface area is 198 Å². The average Bonchev–Trinajstić information content (AvgIpc) is 3.22. The van der Waals surface area contributed by atoms with Crippen molar-refractivity contribution in [1.82, 2.24) is 25.5 Å². The highest BCUT2D eigenvalue weighted by atomic mass is 32.1. The van der Waals surface area contributed by atoms with Crippen LogP contribution in [0.25, 0.3) is 10.7 Å². The number of aryl methyl sites for hydroxylation is 1. The van der Waals surface area contributed by atoms with Gasteiger partial charge in [0.25, 0.3) is 0 Å². The Kier molecular flexibility index (Phi) is 6.61. The second-order valence-electron chi connectivity index (χ2n) is 8.62. The van der Waals surface area contributed by atoms with Crippen LogP contribution in [0.15, 0.2) is 18.3 Å². The molecule has 1 aromatic carbocycles. The van der Waals surface area contributed by atoms with Crippen molar-refractivity contribution in [3.05, 3.63) is 52.2 Å². The van der Waals surface area contributed by atoms with Crippen molar-refractivity contribution in [3.63, 3.8) is 0 Å². The first-order chi connectivity index (χ1) is 16.0. The van der Waals surface area contributed by atoms with Gasteiger partial charge in [-0.1, -0.05) is 11.3 Å². The zero-order valence-corrected chi connectivity index (χ0v) is 19.5. The Balaban J connectivity index is 1.43. The quantitative estimate of drug-likeness (QED) is 0.330. The minimum Gasteiger partial charge on any atom is -0.362 e. The van der Waals surface area contributed by atoms with Gasteiger partial charge < -0.3 is 10.2 Å². The fourth-order valence-corrected chi connectivity index (χ4v) is 4.57. The van der Waals surface area contributed by atoms with Crippen molar-refractivity contribution < 1.29 is 22.4 Å². The van der Waals surface area contributed by atoms with Gasteiger partial charge in [0.2, 0.25) is 11.9 Å². The van der Waals surface area contributed by atoms with Crippen LogP contribution in [-0.2, 0) is 10.1 Å². The van der Waals surface area contributed by atoms with E-state index >= 15 is 0 Å². The van der Waals surface area contributed by atoms with Crippen molar-refractivity contribution in [2.45, 2.75) is 25.1 Å². The van der Waals surface area contributed by atoms with Gasteiger partial charge in [-0.2, -0.15) is 0 Å². The molecule has 1 N–H and O–H groups in total. The summed E-state index contributed by atoms with van der Waals surface area (Å²) in [5.74, 6) is -4.46. The number of carbonyl (C=O) groups is 1. The van der Waals surface area contributed by atoms with Gasteiger partial charge in [-0.15, -0.1) is 10.2 Å². The van der Waals surface area contributed by atoms with Gasteiger partial charge in [-0.05, 0) is 25.8 Å². The van der Waals surface area contributed by atoms with Gasteiger partial charge in [-0.3, -0.25) is 4.79 Å². The Morgan fingerprint density at radius 2 is 1.85 bits per heavy atom. The molecule has 0 spiro atoms. The summed E-state index contributed by atoms with van der Waals surface area (Å²) < 4.78 is 55.8. The highest BCUT2D eigenvalue weighted by molar-refractivity contribution is 7.14. The van der Waals surface area contributed by atoms with Crippen LogP contribution in [0.2, 0.25) is 0 Å². The van der Waals surface area contributed by atoms with Crippen LogP contribution in [0.4, 0.5) is 23.5 Å². The van der Waals surface area contributed by atoms with E-state index in [-0.39, 0.29) is 17.2 Å². The number of piperidine rings is 1. The molecule has 3 aromatic rings. The first-order valence-corrected chi connectivity index (χ1v) is 11.4. The predicted molar refractivity (Wildman–Crippen MR) is 124 cm³/mol. The van der Waals surface area contributed by atoms with Crippen molar-refractivity contribution in [3.8, 4) is 10.7 Å². The number of nitrogens with zero attached hydrogens (tertiary/aromatic N) is 5. The van der Waals surface area contributed by atoms with Gasteiger partial charge in [0, 0.05) is 36.0 Å². The molecule has 34 heavy (non-hydrogen) atoms. The molecule has 0 bridgehead atoms. The third kappa shape index (κ3) is 4.91.